The average molecular weight is 388 g/mol. The summed E-state index contributed by atoms with van der Waals surface area (Å²) in [5, 5.41) is 0. The van der Waals surface area contributed by atoms with Crippen LogP contribution in [0.25, 0.3) is 0 Å². The minimum Gasteiger partial charge on any atom is -0.457 e. The molecule has 0 aliphatic carbocycles. The number of piperazine rings is 1. The topological polar surface area (TPSA) is 28.6 Å². The first-order valence-electron chi connectivity index (χ1n) is 10.4. The van der Waals surface area contributed by atoms with Crippen LogP contribution in [0.3, 0.4) is 0 Å². The first-order chi connectivity index (χ1) is 14.2. The highest BCUT2D eigenvalue weighted by molar-refractivity contribution is 5.48. The van der Waals surface area contributed by atoms with E-state index in [1.807, 2.05) is 48.7 Å². The van der Waals surface area contributed by atoms with Crippen molar-refractivity contribution in [3.63, 3.8) is 0 Å². The number of benzene rings is 2. The van der Waals surface area contributed by atoms with E-state index in [1.165, 1.54) is 11.1 Å². The van der Waals surface area contributed by atoms with Gasteiger partial charge in [0.05, 0.1) is 0 Å². The third kappa shape index (κ3) is 4.77. The summed E-state index contributed by atoms with van der Waals surface area (Å²) in [4.78, 5) is 9.61. The lowest BCUT2D eigenvalue weighted by Crippen LogP contribution is -2.46. The highest BCUT2D eigenvalue weighted by Gasteiger charge is 2.21. The summed E-state index contributed by atoms with van der Waals surface area (Å²) < 4.78 is 6.14. The summed E-state index contributed by atoms with van der Waals surface area (Å²) >= 11 is 0. The molecule has 0 radical (unpaired) electrons. The summed E-state index contributed by atoms with van der Waals surface area (Å²) in [7, 11) is 0. The predicted molar refractivity (Wildman–Crippen MR) is 119 cm³/mol. The molecule has 29 heavy (non-hydrogen) atoms. The zero-order valence-electron chi connectivity index (χ0n) is 17.3. The smallest absolute Gasteiger partial charge is 0.132 e. The van der Waals surface area contributed by atoms with Gasteiger partial charge in [-0.25, -0.2) is 4.98 Å². The van der Waals surface area contributed by atoms with Gasteiger partial charge in [-0.2, -0.15) is 0 Å². The second kappa shape index (κ2) is 9.10. The molecule has 3 aromatic rings. The SMILES string of the molecule is CC(C)c1cccnc1N1CCN(Cc2ccccc2Oc2ccccc2)CC1. The highest BCUT2D eigenvalue weighted by atomic mass is 16.5. The molecule has 4 heteroatoms. The van der Waals surface area contributed by atoms with E-state index in [0.717, 1.165) is 50.0 Å². The lowest BCUT2D eigenvalue weighted by molar-refractivity contribution is 0.246. The van der Waals surface area contributed by atoms with Crippen LogP contribution in [0.4, 0.5) is 5.82 Å². The van der Waals surface area contributed by atoms with Crippen LogP contribution in [0.5, 0.6) is 11.5 Å². The number of hydrogen-bond donors (Lipinski definition) is 0. The van der Waals surface area contributed by atoms with E-state index < -0.39 is 0 Å². The Morgan fingerprint density at radius 1 is 0.862 bits per heavy atom. The first kappa shape index (κ1) is 19.5. The fourth-order valence-corrected chi connectivity index (χ4v) is 3.83. The highest BCUT2D eigenvalue weighted by Crippen LogP contribution is 2.28. The van der Waals surface area contributed by atoms with Crippen molar-refractivity contribution in [3.05, 3.63) is 84.1 Å². The van der Waals surface area contributed by atoms with Crippen LogP contribution in [0.15, 0.2) is 72.9 Å². The van der Waals surface area contributed by atoms with Gasteiger partial charge in [0.1, 0.15) is 17.3 Å². The zero-order chi connectivity index (χ0) is 20.1. The second-order valence-electron chi connectivity index (χ2n) is 7.86. The molecule has 0 atom stereocenters. The van der Waals surface area contributed by atoms with Crippen molar-refractivity contribution in [2.75, 3.05) is 31.1 Å². The predicted octanol–water partition coefficient (Wildman–Crippen LogP) is 5.32. The summed E-state index contributed by atoms with van der Waals surface area (Å²) in [6, 6.07) is 22.6. The number of aromatic nitrogens is 1. The summed E-state index contributed by atoms with van der Waals surface area (Å²) in [6.07, 6.45) is 1.91. The Kier molecular flexibility index (Phi) is 6.11. The van der Waals surface area contributed by atoms with Gasteiger partial charge in [0.2, 0.25) is 0 Å². The summed E-state index contributed by atoms with van der Waals surface area (Å²) in [5.41, 5.74) is 2.56. The number of ether oxygens (including phenoxy) is 1. The van der Waals surface area contributed by atoms with Crippen LogP contribution >= 0.6 is 0 Å². The van der Waals surface area contributed by atoms with Gasteiger partial charge in [0.25, 0.3) is 0 Å². The minimum absolute atomic E-state index is 0.485. The molecule has 150 valence electrons. The molecule has 0 N–H and O–H groups in total. The molecule has 0 saturated carbocycles. The van der Waals surface area contributed by atoms with Crippen LogP contribution in [0, 0.1) is 0 Å². The van der Waals surface area contributed by atoms with Crippen LogP contribution in [0.1, 0.15) is 30.9 Å². The molecule has 2 heterocycles. The van der Waals surface area contributed by atoms with Crippen molar-refractivity contribution in [2.24, 2.45) is 0 Å². The van der Waals surface area contributed by atoms with Gasteiger partial charge in [-0.15, -0.1) is 0 Å². The van der Waals surface area contributed by atoms with Crippen molar-refractivity contribution < 1.29 is 4.74 Å². The molecule has 1 saturated heterocycles. The minimum atomic E-state index is 0.485. The molecule has 0 bridgehead atoms. The Balaban J connectivity index is 1.41. The molecule has 0 spiro atoms. The Labute approximate surface area is 173 Å². The van der Waals surface area contributed by atoms with E-state index in [2.05, 4.69) is 52.9 Å². The lowest BCUT2D eigenvalue weighted by atomic mass is 10.0. The third-order valence-corrected chi connectivity index (χ3v) is 5.45. The standard InChI is InChI=1S/C25H29N3O/c1-20(2)23-12-8-14-26-25(23)28-17-15-27(16-18-28)19-21-9-6-7-13-24(21)29-22-10-4-3-5-11-22/h3-14,20H,15-19H2,1-2H3. The normalized spacial score (nSPS) is 14.9. The van der Waals surface area contributed by atoms with Gasteiger partial charge in [-0.1, -0.05) is 56.3 Å². The molecule has 4 rings (SSSR count). The van der Waals surface area contributed by atoms with Crippen LogP contribution in [-0.2, 0) is 6.54 Å². The van der Waals surface area contributed by atoms with E-state index >= 15 is 0 Å². The van der Waals surface area contributed by atoms with Crippen LogP contribution in [-0.4, -0.2) is 36.1 Å². The number of nitrogens with zero attached hydrogens (tertiary/aromatic N) is 3. The molecule has 1 fully saturated rings. The van der Waals surface area contributed by atoms with Gasteiger partial charge in [-0.3, -0.25) is 4.90 Å². The van der Waals surface area contributed by atoms with Gasteiger partial charge in [0.15, 0.2) is 0 Å². The first-order valence-corrected chi connectivity index (χ1v) is 10.4. The van der Waals surface area contributed by atoms with E-state index in [9.17, 15) is 0 Å². The van der Waals surface area contributed by atoms with E-state index in [0.29, 0.717) is 5.92 Å². The summed E-state index contributed by atoms with van der Waals surface area (Å²) in [5.74, 6) is 3.45. The Morgan fingerprint density at radius 3 is 2.34 bits per heavy atom. The Bertz CT molecular complexity index is 918. The molecular formula is C25H29N3O. The van der Waals surface area contributed by atoms with E-state index in [4.69, 9.17) is 4.74 Å². The van der Waals surface area contributed by atoms with E-state index in [1.54, 1.807) is 0 Å². The van der Waals surface area contributed by atoms with Gasteiger partial charge >= 0.3 is 0 Å². The van der Waals surface area contributed by atoms with Gasteiger partial charge < -0.3 is 9.64 Å². The fourth-order valence-electron chi connectivity index (χ4n) is 3.83. The molecule has 1 aromatic heterocycles. The molecule has 2 aromatic carbocycles. The maximum absolute atomic E-state index is 6.14. The van der Waals surface area contributed by atoms with Crippen molar-refractivity contribution in [2.45, 2.75) is 26.3 Å². The second-order valence-corrected chi connectivity index (χ2v) is 7.86. The van der Waals surface area contributed by atoms with Crippen LogP contribution < -0.4 is 9.64 Å². The van der Waals surface area contributed by atoms with Crippen molar-refractivity contribution in [3.8, 4) is 11.5 Å². The maximum Gasteiger partial charge on any atom is 0.132 e. The number of hydrogen-bond acceptors (Lipinski definition) is 4. The fraction of sp³-hybridized carbons (Fsp3) is 0.320. The van der Waals surface area contributed by atoms with Crippen molar-refractivity contribution >= 4 is 5.82 Å². The molecule has 1 aliphatic rings. The molecule has 0 unspecified atom stereocenters. The molecular weight excluding hydrogens is 358 g/mol. The van der Waals surface area contributed by atoms with E-state index in [-0.39, 0.29) is 0 Å². The molecule has 4 nitrogen and oxygen atoms in total. The maximum atomic E-state index is 6.14. The van der Waals surface area contributed by atoms with Gasteiger partial charge in [-0.05, 0) is 35.7 Å². The number of para-hydroxylation sites is 2. The van der Waals surface area contributed by atoms with Crippen LogP contribution in [0.2, 0.25) is 0 Å². The van der Waals surface area contributed by atoms with Crippen molar-refractivity contribution in [1.82, 2.24) is 9.88 Å². The Morgan fingerprint density at radius 2 is 1.59 bits per heavy atom. The number of pyridine rings is 1. The average Bonchev–Trinajstić information content (AvgIpc) is 2.76. The van der Waals surface area contributed by atoms with Crippen molar-refractivity contribution in [1.29, 1.82) is 0 Å². The molecule has 0 amide bonds. The third-order valence-electron chi connectivity index (χ3n) is 5.45. The largest absolute Gasteiger partial charge is 0.457 e. The quantitative estimate of drug-likeness (QED) is 0.572. The number of rotatable bonds is 6. The lowest BCUT2D eigenvalue weighted by Gasteiger charge is -2.36. The van der Waals surface area contributed by atoms with Gasteiger partial charge in [0, 0.05) is 44.5 Å². The zero-order valence-corrected chi connectivity index (χ0v) is 17.3. The monoisotopic (exact) mass is 387 g/mol. The summed E-state index contributed by atoms with van der Waals surface area (Å²) in [6.45, 7) is 9.41. The molecule has 1 aliphatic heterocycles. The Hall–Kier alpha value is -2.85. The number of anilines is 1.